The molecule has 6 heteroatoms. The van der Waals surface area contributed by atoms with Crippen LogP contribution in [-0.4, -0.2) is 40.0 Å². The van der Waals surface area contributed by atoms with E-state index < -0.39 is 0 Å². The summed E-state index contributed by atoms with van der Waals surface area (Å²) in [5.41, 5.74) is 0.758. The molecular weight excluding hydrogens is 274 g/mol. The Balaban J connectivity index is 1.61. The van der Waals surface area contributed by atoms with Crippen LogP contribution in [0.15, 0.2) is 29.1 Å². The lowest BCUT2D eigenvalue weighted by molar-refractivity contribution is 0.0771. The zero-order valence-corrected chi connectivity index (χ0v) is 12.0. The van der Waals surface area contributed by atoms with Crippen LogP contribution in [0.1, 0.15) is 22.6 Å². The summed E-state index contributed by atoms with van der Waals surface area (Å²) in [6.07, 6.45) is 2.52. The quantitative estimate of drug-likeness (QED) is 0.868. The first kappa shape index (κ1) is 13.1. The molecule has 0 unspecified atom stereocenters. The molecular formula is C14H15N3O2S. The fraction of sp³-hybridized carbons (Fsp3) is 0.357. The van der Waals surface area contributed by atoms with Gasteiger partial charge in [-0.1, -0.05) is 0 Å². The number of likely N-dealkylation sites (tertiary alicyclic amines) is 1. The van der Waals surface area contributed by atoms with Gasteiger partial charge < -0.3 is 9.64 Å². The third-order valence-corrected chi connectivity index (χ3v) is 3.92. The summed E-state index contributed by atoms with van der Waals surface area (Å²) in [5, 5.41) is 3.80. The summed E-state index contributed by atoms with van der Waals surface area (Å²) >= 11 is 1.54. The number of nitrogens with zero attached hydrogens (tertiary/aromatic N) is 3. The zero-order valence-electron chi connectivity index (χ0n) is 11.2. The standard InChI is InChI=1S/C14H15N3O2S/c1-10-15-5-2-13(16-10)19-12-3-6-17(8-12)14(18)11-4-7-20-9-11/h2,4-5,7,9,12H,3,6,8H2,1H3/t12-/m0/s1. The van der Waals surface area contributed by atoms with Gasteiger partial charge in [0, 0.05) is 30.6 Å². The topological polar surface area (TPSA) is 55.3 Å². The fourth-order valence-corrected chi connectivity index (χ4v) is 2.88. The molecule has 0 aromatic carbocycles. The van der Waals surface area contributed by atoms with Gasteiger partial charge in [0.1, 0.15) is 11.9 Å². The molecule has 1 atom stereocenters. The molecule has 0 radical (unpaired) electrons. The Morgan fingerprint density at radius 3 is 3.15 bits per heavy atom. The van der Waals surface area contributed by atoms with E-state index in [4.69, 9.17) is 4.74 Å². The smallest absolute Gasteiger partial charge is 0.254 e. The monoisotopic (exact) mass is 289 g/mol. The average Bonchev–Trinajstić information content (AvgIpc) is 3.09. The maximum Gasteiger partial charge on any atom is 0.254 e. The number of hydrogen-bond acceptors (Lipinski definition) is 5. The van der Waals surface area contributed by atoms with Crippen molar-refractivity contribution in [2.45, 2.75) is 19.4 Å². The van der Waals surface area contributed by atoms with Crippen LogP contribution in [0.3, 0.4) is 0 Å². The molecule has 2 aromatic rings. The van der Waals surface area contributed by atoms with Crippen molar-refractivity contribution < 1.29 is 9.53 Å². The lowest BCUT2D eigenvalue weighted by atomic mass is 10.3. The second-order valence-electron chi connectivity index (χ2n) is 4.73. The molecule has 0 saturated carbocycles. The van der Waals surface area contributed by atoms with E-state index in [-0.39, 0.29) is 12.0 Å². The number of carbonyl (C=O) groups excluding carboxylic acids is 1. The van der Waals surface area contributed by atoms with E-state index in [9.17, 15) is 4.79 Å². The summed E-state index contributed by atoms with van der Waals surface area (Å²) in [4.78, 5) is 22.3. The molecule has 1 aliphatic rings. The maximum atomic E-state index is 12.2. The first-order valence-corrected chi connectivity index (χ1v) is 7.44. The molecule has 3 rings (SSSR count). The molecule has 5 nitrogen and oxygen atoms in total. The molecule has 2 aromatic heterocycles. The predicted molar refractivity (Wildman–Crippen MR) is 76.0 cm³/mol. The zero-order chi connectivity index (χ0) is 13.9. The second-order valence-corrected chi connectivity index (χ2v) is 5.51. The maximum absolute atomic E-state index is 12.2. The largest absolute Gasteiger partial charge is 0.472 e. The average molecular weight is 289 g/mol. The van der Waals surface area contributed by atoms with Crippen LogP contribution in [0.4, 0.5) is 0 Å². The van der Waals surface area contributed by atoms with Gasteiger partial charge in [0.2, 0.25) is 5.88 Å². The highest BCUT2D eigenvalue weighted by molar-refractivity contribution is 7.08. The molecule has 1 aliphatic heterocycles. The van der Waals surface area contributed by atoms with Crippen molar-refractivity contribution >= 4 is 17.2 Å². The molecule has 1 saturated heterocycles. The first-order chi connectivity index (χ1) is 9.72. The van der Waals surface area contributed by atoms with Crippen molar-refractivity contribution in [1.82, 2.24) is 14.9 Å². The molecule has 1 fully saturated rings. The number of amides is 1. The second kappa shape index (κ2) is 5.58. The highest BCUT2D eigenvalue weighted by Crippen LogP contribution is 2.19. The highest BCUT2D eigenvalue weighted by atomic mass is 32.1. The van der Waals surface area contributed by atoms with Gasteiger partial charge >= 0.3 is 0 Å². The lowest BCUT2D eigenvalue weighted by Gasteiger charge is -2.16. The molecule has 104 valence electrons. The van der Waals surface area contributed by atoms with E-state index in [1.807, 2.05) is 28.7 Å². The van der Waals surface area contributed by atoms with Gasteiger partial charge in [0.25, 0.3) is 5.91 Å². The Bertz CT molecular complexity index is 600. The van der Waals surface area contributed by atoms with E-state index in [0.717, 1.165) is 18.5 Å². The van der Waals surface area contributed by atoms with Gasteiger partial charge in [-0.25, -0.2) is 4.98 Å². The van der Waals surface area contributed by atoms with Crippen molar-refractivity contribution in [3.63, 3.8) is 0 Å². The van der Waals surface area contributed by atoms with Crippen molar-refractivity contribution in [2.75, 3.05) is 13.1 Å². The van der Waals surface area contributed by atoms with Crippen LogP contribution >= 0.6 is 11.3 Å². The van der Waals surface area contributed by atoms with Crippen molar-refractivity contribution in [2.24, 2.45) is 0 Å². The molecule has 3 heterocycles. The van der Waals surface area contributed by atoms with E-state index >= 15 is 0 Å². The number of rotatable bonds is 3. The Kier molecular flexibility index (Phi) is 3.64. The van der Waals surface area contributed by atoms with Crippen molar-refractivity contribution in [3.8, 4) is 5.88 Å². The molecule has 1 amide bonds. The molecule has 20 heavy (non-hydrogen) atoms. The van der Waals surface area contributed by atoms with Gasteiger partial charge in [0.15, 0.2) is 0 Å². The van der Waals surface area contributed by atoms with E-state index in [1.54, 1.807) is 12.3 Å². The molecule has 0 aliphatic carbocycles. The predicted octanol–water partition coefficient (Wildman–Crippen LogP) is 2.14. The van der Waals surface area contributed by atoms with Crippen LogP contribution in [0.25, 0.3) is 0 Å². The van der Waals surface area contributed by atoms with Gasteiger partial charge in [0.05, 0.1) is 12.1 Å². The van der Waals surface area contributed by atoms with Crippen LogP contribution in [0.5, 0.6) is 5.88 Å². The number of thiophene rings is 1. The van der Waals surface area contributed by atoms with E-state index in [0.29, 0.717) is 18.2 Å². The Hall–Kier alpha value is -1.95. The van der Waals surface area contributed by atoms with Crippen LogP contribution < -0.4 is 4.74 Å². The van der Waals surface area contributed by atoms with Crippen molar-refractivity contribution in [1.29, 1.82) is 0 Å². The summed E-state index contributed by atoms with van der Waals surface area (Å²) in [6.45, 7) is 3.16. The first-order valence-electron chi connectivity index (χ1n) is 6.50. The minimum Gasteiger partial charge on any atom is -0.472 e. The molecule has 0 N–H and O–H groups in total. The van der Waals surface area contributed by atoms with Crippen LogP contribution in [0, 0.1) is 6.92 Å². The van der Waals surface area contributed by atoms with Gasteiger partial charge in [-0.3, -0.25) is 4.79 Å². The summed E-state index contributed by atoms with van der Waals surface area (Å²) in [5.74, 6) is 1.34. The Morgan fingerprint density at radius 2 is 2.40 bits per heavy atom. The summed E-state index contributed by atoms with van der Waals surface area (Å²) < 4.78 is 5.81. The number of hydrogen-bond donors (Lipinski definition) is 0. The summed E-state index contributed by atoms with van der Waals surface area (Å²) in [7, 11) is 0. The minimum atomic E-state index is 0.00638. The number of ether oxygens (including phenoxy) is 1. The third kappa shape index (κ3) is 2.80. The Morgan fingerprint density at radius 1 is 1.50 bits per heavy atom. The number of carbonyl (C=O) groups is 1. The normalized spacial score (nSPS) is 18.2. The van der Waals surface area contributed by atoms with Gasteiger partial charge in [-0.05, 0) is 18.4 Å². The lowest BCUT2D eigenvalue weighted by Crippen LogP contribution is -2.30. The third-order valence-electron chi connectivity index (χ3n) is 3.24. The van der Waals surface area contributed by atoms with Crippen LogP contribution in [-0.2, 0) is 0 Å². The SMILES string of the molecule is Cc1nccc(O[C@H]2CCN(C(=O)c3ccsc3)C2)n1. The van der Waals surface area contributed by atoms with E-state index in [1.165, 1.54) is 11.3 Å². The minimum absolute atomic E-state index is 0.00638. The fourth-order valence-electron chi connectivity index (χ4n) is 2.25. The highest BCUT2D eigenvalue weighted by Gasteiger charge is 2.28. The van der Waals surface area contributed by atoms with Gasteiger partial charge in [-0.2, -0.15) is 16.3 Å². The summed E-state index contributed by atoms with van der Waals surface area (Å²) in [6, 6.07) is 3.60. The van der Waals surface area contributed by atoms with E-state index in [2.05, 4.69) is 9.97 Å². The number of aryl methyl sites for hydroxylation is 1. The van der Waals surface area contributed by atoms with Crippen molar-refractivity contribution in [3.05, 3.63) is 40.5 Å². The van der Waals surface area contributed by atoms with Crippen LogP contribution in [0.2, 0.25) is 0 Å². The molecule has 0 spiro atoms. The van der Waals surface area contributed by atoms with Gasteiger partial charge in [-0.15, -0.1) is 0 Å². The molecule has 0 bridgehead atoms. The Labute approximate surface area is 121 Å². The number of aromatic nitrogens is 2.